The van der Waals surface area contributed by atoms with E-state index < -0.39 is 0 Å². The Kier molecular flexibility index (Phi) is 6.38. The van der Waals surface area contributed by atoms with Crippen LogP contribution in [0.15, 0.2) is 175 Å². The zero-order valence-electron chi connectivity index (χ0n) is 29.5. The van der Waals surface area contributed by atoms with Crippen LogP contribution >= 0.6 is 23.1 Å². The lowest BCUT2D eigenvalue weighted by Crippen LogP contribution is -2.29. The van der Waals surface area contributed by atoms with E-state index in [-0.39, 0.29) is 5.41 Å². The molecular formula is C50H32N2S2. The smallest absolute Gasteiger partial charge is 0.156 e. The van der Waals surface area contributed by atoms with Gasteiger partial charge in [0.25, 0.3) is 0 Å². The SMILES string of the molecule is CC12C=C(c3ccc(-c4ccc(-c5cc6c7ccc8ccccc8c7sc6c6nc7c8ccccc8ccc7n56)cc4)cc3)C=CC1Sc1ccccc12. The highest BCUT2D eigenvalue weighted by Gasteiger charge is 2.42. The molecule has 2 atom stereocenters. The van der Waals surface area contributed by atoms with Gasteiger partial charge in [0.1, 0.15) is 0 Å². The van der Waals surface area contributed by atoms with Gasteiger partial charge < -0.3 is 0 Å². The third-order valence-electron chi connectivity index (χ3n) is 11.8. The summed E-state index contributed by atoms with van der Waals surface area (Å²) >= 11 is 3.85. The van der Waals surface area contributed by atoms with Gasteiger partial charge in [0.2, 0.25) is 0 Å². The first kappa shape index (κ1) is 30.5. The second kappa shape index (κ2) is 11.3. The highest BCUT2D eigenvalue weighted by molar-refractivity contribution is 8.00. The van der Waals surface area contributed by atoms with E-state index in [0.717, 1.165) is 22.4 Å². The lowest BCUT2D eigenvalue weighted by atomic mass is 9.74. The standard InChI is InChI=1S/C50H32N2S2/c1-50-29-36(24-27-45(50)53-44-13-7-6-12-41(44)50)32-16-14-30(15-17-32)31-18-20-35(21-19-31)43-28-40-39-25-22-34-9-3-5-11-38(34)47(39)54-48(40)49-51-46-37-10-4-2-8-33(37)23-26-42(46)52(43)49/h2-29,45H,1H3. The van der Waals surface area contributed by atoms with Gasteiger partial charge in [-0.05, 0) is 67.7 Å². The number of aromatic nitrogens is 2. The number of rotatable bonds is 3. The van der Waals surface area contributed by atoms with Crippen LogP contribution in [-0.4, -0.2) is 14.6 Å². The van der Waals surface area contributed by atoms with Crippen molar-refractivity contribution in [3.63, 3.8) is 0 Å². The number of thiophene rings is 1. The molecule has 0 saturated heterocycles. The second-order valence-electron chi connectivity index (χ2n) is 14.9. The van der Waals surface area contributed by atoms with E-state index in [4.69, 9.17) is 4.98 Å². The largest absolute Gasteiger partial charge is 0.291 e. The van der Waals surface area contributed by atoms with Crippen molar-refractivity contribution in [2.45, 2.75) is 22.5 Å². The first-order valence-corrected chi connectivity index (χ1v) is 20.3. The summed E-state index contributed by atoms with van der Waals surface area (Å²) < 4.78 is 4.94. The van der Waals surface area contributed by atoms with Gasteiger partial charge in [0.05, 0.1) is 21.4 Å². The highest BCUT2D eigenvalue weighted by atomic mass is 32.2. The van der Waals surface area contributed by atoms with Crippen LogP contribution in [0.5, 0.6) is 0 Å². The normalized spacial score (nSPS) is 17.9. The minimum Gasteiger partial charge on any atom is -0.291 e. The number of thioether (sulfide) groups is 1. The quantitative estimate of drug-likeness (QED) is 0.180. The Balaban J connectivity index is 0.976. The van der Waals surface area contributed by atoms with E-state index in [1.807, 2.05) is 23.1 Å². The summed E-state index contributed by atoms with van der Waals surface area (Å²) in [6.45, 7) is 2.39. The molecule has 7 aromatic carbocycles. The van der Waals surface area contributed by atoms with Crippen LogP contribution in [0.2, 0.25) is 0 Å². The van der Waals surface area contributed by atoms with E-state index in [1.165, 1.54) is 80.0 Å². The molecule has 1 aliphatic heterocycles. The molecule has 1 aliphatic carbocycles. The zero-order chi connectivity index (χ0) is 35.5. The molecule has 0 spiro atoms. The summed E-state index contributed by atoms with van der Waals surface area (Å²) in [5.74, 6) is 0. The van der Waals surface area contributed by atoms with E-state index >= 15 is 0 Å². The molecule has 0 bridgehead atoms. The Morgan fingerprint density at radius 2 is 1.26 bits per heavy atom. The van der Waals surface area contributed by atoms with Crippen molar-refractivity contribution >= 4 is 87.1 Å². The lowest BCUT2D eigenvalue weighted by Gasteiger charge is -2.30. The topological polar surface area (TPSA) is 17.3 Å². The number of hydrogen-bond acceptors (Lipinski definition) is 3. The minimum atomic E-state index is 0.00500. The average Bonchev–Trinajstić information content (AvgIpc) is 3.90. The van der Waals surface area contributed by atoms with Crippen LogP contribution in [-0.2, 0) is 5.41 Å². The van der Waals surface area contributed by atoms with E-state index in [1.54, 1.807) is 0 Å². The Bertz CT molecular complexity index is 3250. The molecule has 4 heteroatoms. The molecule has 2 nitrogen and oxygen atoms in total. The first-order chi connectivity index (χ1) is 26.6. The molecule has 4 heterocycles. The molecule has 3 aromatic heterocycles. The number of pyridine rings is 1. The van der Waals surface area contributed by atoms with Crippen LogP contribution in [0.25, 0.3) is 86.4 Å². The van der Waals surface area contributed by atoms with Crippen molar-refractivity contribution in [3.8, 4) is 22.4 Å². The van der Waals surface area contributed by atoms with Gasteiger partial charge in [0.15, 0.2) is 5.65 Å². The third-order valence-corrected chi connectivity index (χ3v) is 14.6. The Hall–Kier alpha value is -5.94. The van der Waals surface area contributed by atoms with Gasteiger partial charge in [-0.2, -0.15) is 0 Å². The monoisotopic (exact) mass is 724 g/mol. The minimum absolute atomic E-state index is 0.00500. The van der Waals surface area contributed by atoms with Crippen molar-refractivity contribution in [2.75, 3.05) is 0 Å². The maximum atomic E-state index is 5.44. The van der Waals surface area contributed by atoms with Crippen molar-refractivity contribution < 1.29 is 0 Å². The summed E-state index contributed by atoms with van der Waals surface area (Å²) in [7, 11) is 0. The lowest BCUT2D eigenvalue weighted by molar-refractivity contribution is 0.622. The summed E-state index contributed by atoms with van der Waals surface area (Å²) in [4.78, 5) is 6.84. The van der Waals surface area contributed by atoms with Crippen molar-refractivity contribution in [2.24, 2.45) is 0 Å². The molecular weight excluding hydrogens is 693 g/mol. The Labute approximate surface area is 320 Å². The summed E-state index contributed by atoms with van der Waals surface area (Å²) in [5.41, 5.74) is 11.9. The molecule has 2 aliphatic rings. The maximum Gasteiger partial charge on any atom is 0.156 e. The summed E-state index contributed by atoms with van der Waals surface area (Å²) in [5, 5.41) is 7.94. The van der Waals surface area contributed by atoms with Gasteiger partial charge in [-0.3, -0.25) is 4.40 Å². The predicted molar refractivity (Wildman–Crippen MR) is 232 cm³/mol. The van der Waals surface area contributed by atoms with E-state index in [2.05, 4.69) is 181 Å². The highest BCUT2D eigenvalue weighted by Crippen LogP contribution is 2.53. The van der Waals surface area contributed by atoms with Crippen LogP contribution in [0.4, 0.5) is 0 Å². The van der Waals surface area contributed by atoms with Crippen LogP contribution in [0, 0.1) is 0 Å². The molecule has 0 fully saturated rings. The van der Waals surface area contributed by atoms with Gasteiger partial charge >= 0.3 is 0 Å². The van der Waals surface area contributed by atoms with Crippen molar-refractivity contribution in [3.05, 3.63) is 181 Å². The zero-order valence-corrected chi connectivity index (χ0v) is 31.1. The molecule has 0 radical (unpaired) electrons. The molecule has 54 heavy (non-hydrogen) atoms. The number of hydrogen-bond donors (Lipinski definition) is 0. The van der Waals surface area contributed by atoms with Gasteiger partial charge in [0, 0.05) is 36.4 Å². The summed E-state index contributed by atoms with van der Waals surface area (Å²) in [6, 6.07) is 55.8. The number of allylic oxidation sites excluding steroid dienone is 3. The summed E-state index contributed by atoms with van der Waals surface area (Å²) in [6.07, 6.45) is 7.20. The molecule has 0 saturated carbocycles. The first-order valence-electron chi connectivity index (χ1n) is 18.6. The van der Waals surface area contributed by atoms with Crippen LogP contribution in [0.3, 0.4) is 0 Å². The van der Waals surface area contributed by atoms with Crippen LogP contribution < -0.4 is 0 Å². The predicted octanol–water partition coefficient (Wildman–Crippen LogP) is 13.9. The second-order valence-corrected chi connectivity index (χ2v) is 17.1. The maximum absolute atomic E-state index is 5.44. The molecule has 254 valence electrons. The average molecular weight is 725 g/mol. The van der Waals surface area contributed by atoms with Gasteiger partial charge in [-0.25, -0.2) is 4.98 Å². The fourth-order valence-electron chi connectivity index (χ4n) is 9.03. The number of fused-ring (bicyclic) bond motifs is 14. The molecule has 12 rings (SSSR count). The van der Waals surface area contributed by atoms with E-state index in [0.29, 0.717) is 5.25 Å². The molecule has 10 aromatic rings. The molecule has 2 unspecified atom stereocenters. The number of nitrogens with zero attached hydrogens (tertiary/aromatic N) is 2. The molecule has 0 N–H and O–H groups in total. The molecule has 0 amide bonds. The van der Waals surface area contributed by atoms with Crippen molar-refractivity contribution in [1.82, 2.24) is 9.38 Å². The van der Waals surface area contributed by atoms with Crippen molar-refractivity contribution in [1.29, 1.82) is 0 Å². The number of benzene rings is 7. The van der Waals surface area contributed by atoms with Gasteiger partial charge in [-0.1, -0.05) is 159 Å². The van der Waals surface area contributed by atoms with E-state index in [9.17, 15) is 0 Å². The fraction of sp³-hybridized carbons (Fsp3) is 0.0600. The van der Waals surface area contributed by atoms with Crippen LogP contribution in [0.1, 0.15) is 18.1 Å². The Morgan fingerprint density at radius 3 is 2.07 bits per heavy atom. The van der Waals surface area contributed by atoms with Gasteiger partial charge in [-0.15, -0.1) is 23.1 Å². The Morgan fingerprint density at radius 1 is 0.593 bits per heavy atom. The fourth-order valence-corrected chi connectivity index (χ4v) is 11.8. The number of imidazole rings is 1. The third kappa shape index (κ3) is 4.32.